The van der Waals surface area contributed by atoms with E-state index in [1.807, 2.05) is 0 Å². The quantitative estimate of drug-likeness (QED) is 0.785. The number of amides is 2. The summed E-state index contributed by atoms with van der Waals surface area (Å²) in [6, 6.07) is 3.36. The van der Waals surface area contributed by atoms with Gasteiger partial charge in [-0.2, -0.15) is 4.31 Å². The third-order valence-electron chi connectivity index (χ3n) is 5.50. The van der Waals surface area contributed by atoms with Crippen LogP contribution >= 0.6 is 0 Å². The Morgan fingerprint density at radius 2 is 2.04 bits per heavy atom. The molecule has 1 saturated heterocycles. The van der Waals surface area contributed by atoms with Gasteiger partial charge < -0.3 is 15.4 Å². The number of nitrogens with zero attached hydrogens (tertiary/aromatic N) is 1. The molecule has 0 spiro atoms. The molecule has 0 aromatic heterocycles. The highest BCUT2D eigenvalue weighted by atomic mass is 32.2. The van der Waals surface area contributed by atoms with Gasteiger partial charge in [-0.1, -0.05) is 0 Å². The molecular weight excluding hydrogens is 382 g/mol. The Labute approximate surface area is 164 Å². The maximum absolute atomic E-state index is 13.3. The number of aryl methyl sites for hydroxylation is 1. The number of benzene rings is 1. The van der Waals surface area contributed by atoms with Gasteiger partial charge in [-0.3, -0.25) is 9.59 Å². The largest absolute Gasteiger partial charge is 0.479 e. The second-order valence-electron chi connectivity index (χ2n) is 7.85. The molecule has 2 fully saturated rings. The first kappa shape index (κ1) is 19.2. The number of anilines is 1. The molecule has 2 heterocycles. The smallest absolute Gasteiger partial charge is 0.265 e. The van der Waals surface area contributed by atoms with Crippen molar-refractivity contribution < 1.29 is 22.7 Å². The van der Waals surface area contributed by atoms with Crippen LogP contribution in [-0.4, -0.2) is 49.8 Å². The highest BCUT2D eigenvalue weighted by Gasteiger charge is 2.36. The summed E-state index contributed by atoms with van der Waals surface area (Å²) in [5.74, 6) is -0.290. The molecule has 2 amide bonds. The van der Waals surface area contributed by atoms with Gasteiger partial charge in [0, 0.05) is 25.2 Å². The van der Waals surface area contributed by atoms with E-state index < -0.39 is 16.1 Å². The Morgan fingerprint density at radius 3 is 2.75 bits per heavy atom. The van der Waals surface area contributed by atoms with Crippen LogP contribution < -0.4 is 15.4 Å². The Kier molecular flexibility index (Phi) is 4.83. The van der Waals surface area contributed by atoms with E-state index in [1.54, 1.807) is 19.9 Å². The molecule has 8 nitrogen and oxygen atoms in total. The number of nitrogens with one attached hydrogen (secondary N) is 2. The van der Waals surface area contributed by atoms with E-state index in [2.05, 4.69) is 10.6 Å². The molecule has 152 valence electrons. The van der Waals surface area contributed by atoms with Crippen molar-refractivity contribution in [2.45, 2.75) is 56.6 Å². The van der Waals surface area contributed by atoms with E-state index in [-0.39, 0.29) is 35.2 Å². The molecule has 1 aromatic carbocycles. The van der Waals surface area contributed by atoms with Crippen molar-refractivity contribution in [2.75, 3.05) is 18.4 Å². The van der Waals surface area contributed by atoms with Crippen LogP contribution in [0.1, 0.15) is 38.2 Å². The van der Waals surface area contributed by atoms with Crippen molar-refractivity contribution in [3.63, 3.8) is 0 Å². The third-order valence-corrected chi connectivity index (χ3v) is 7.51. The van der Waals surface area contributed by atoms with Crippen LogP contribution in [0.4, 0.5) is 5.69 Å². The number of hydrogen-bond donors (Lipinski definition) is 2. The van der Waals surface area contributed by atoms with Crippen LogP contribution in [-0.2, 0) is 19.6 Å². The number of ether oxygens (including phenoxy) is 1. The van der Waals surface area contributed by atoms with Crippen LogP contribution in [0.3, 0.4) is 0 Å². The predicted molar refractivity (Wildman–Crippen MR) is 103 cm³/mol. The molecule has 0 bridgehead atoms. The molecule has 1 saturated carbocycles. The maximum atomic E-state index is 13.3. The van der Waals surface area contributed by atoms with E-state index in [0.717, 1.165) is 12.8 Å². The fourth-order valence-electron chi connectivity index (χ4n) is 3.68. The zero-order chi connectivity index (χ0) is 20.1. The zero-order valence-corrected chi connectivity index (χ0v) is 16.8. The summed E-state index contributed by atoms with van der Waals surface area (Å²) in [5.41, 5.74) is 1.00. The molecule has 2 atom stereocenters. The lowest BCUT2D eigenvalue weighted by Crippen LogP contribution is -2.46. The minimum Gasteiger partial charge on any atom is -0.479 e. The standard InChI is InChI=1S/C19H25N3O5S/c1-11-8-15-16(27-12(2)18(23)21-15)9-17(11)28(25,26)22-7-3-4-13(10-22)19(24)20-14-5-6-14/h8-9,12-14H,3-7,10H2,1-2H3,(H,20,24)(H,21,23)/t12-,13-/m1/s1. The predicted octanol–water partition coefficient (Wildman–Crippen LogP) is 1.39. The minimum absolute atomic E-state index is 0.0515. The van der Waals surface area contributed by atoms with Gasteiger partial charge in [0.05, 0.1) is 16.5 Å². The van der Waals surface area contributed by atoms with Gasteiger partial charge in [0.15, 0.2) is 6.10 Å². The Hall–Kier alpha value is -2.13. The van der Waals surface area contributed by atoms with Crippen molar-refractivity contribution in [1.29, 1.82) is 0 Å². The topological polar surface area (TPSA) is 105 Å². The van der Waals surface area contributed by atoms with Crippen molar-refractivity contribution in [3.8, 4) is 5.75 Å². The van der Waals surface area contributed by atoms with Gasteiger partial charge >= 0.3 is 0 Å². The molecule has 3 aliphatic rings. The molecule has 1 aromatic rings. The summed E-state index contributed by atoms with van der Waals surface area (Å²) >= 11 is 0. The number of carbonyl (C=O) groups excluding carboxylic acids is 2. The summed E-state index contributed by atoms with van der Waals surface area (Å²) in [6.07, 6.45) is 2.67. The lowest BCUT2D eigenvalue weighted by atomic mass is 9.99. The number of fused-ring (bicyclic) bond motifs is 1. The van der Waals surface area contributed by atoms with Gasteiger partial charge in [0.25, 0.3) is 5.91 Å². The molecular formula is C19H25N3O5S. The second-order valence-corrected chi connectivity index (χ2v) is 9.75. The fraction of sp³-hybridized carbons (Fsp3) is 0.579. The van der Waals surface area contributed by atoms with Crippen molar-refractivity contribution >= 4 is 27.5 Å². The number of piperidine rings is 1. The molecule has 1 aliphatic carbocycles. The van der Waals surface area contributed by atoms with Gasteiger partial charge in [-0.05, 0) is 51.2 Å². The fourth-order valence-corrected chi connectivity index (χ4v) is 5.43. The van der Waals surface area contributed by atoms with E-state index >= 15 is 0 Å². The van der Waals surface area contributed by atoms with E-state index in [0.29, 0.717) is 36.4 Å². The van der Waals surface area contributed by atoms with Crippen molar-refractivity contribution in [1.82, 2.24) is 9.62 Å². The van der Waals surface area contributed by atoms with Gasteiger partial charge in [-0.15, -0.1) is 0 Å². The summed E-state index contributed by atoms with van der Waals surface area (Å²) in [4.78, 5) is 24.3. The normalized spacial score (nSPS) is 25.4. The van der Waals surface area contributed by atoms with Crippen LogP contribution in [0.25, 0.3) is 0 Å². The number of rotatable bonds is 4. The first-order valence-electron chi connectivity index (χ1n) is 9.68. The molecule has 9 heteroatoms. The van der Waals surface area contributed by atoms with Gasteiger partial charge in [0.1, 0.15) is 5.75 Å². The van der Waals surface area contributed by atoms with Crippen LogP contribution in [0.2, 0.25) is 0 Å². The van der Waals surface area contributed by atoms with Crippen molar-refractivity contribution in [2.24, 2.45) is 5.92 Å². The monoisotopic (exact) mass is 407 g/mol. The highest BCUT2D eigenvalue weighted by molar-refractivity contribution is 7.89. The average molecular weight is 407 g/mol. The summed E-state index contributed by atoms with van der Waals surface area (Å²) in [7, 11) is -3.78. The molecule has 0 radical (unpaired) electrons. The van der Waals surface area contributed by atoms with E-state index in [9.17, 15) is 18.0 Å². The number of hydrogen-bond acceptors (Lipinski definition) is 5. The minimum atomic E-state index is -3.78. The van der Waals surface area contributed by atoms with Gasteiger partial charge in [-0.25, -0.2) is 8.42 Å². The molecule has 28 heavy (non-hydrogen) atoms. The van der Waals surface area contributed by atoms with Crippen LogP contribution in [0.5, 0.6) is 5.75 Å². The first-order chi connectivity index (χ1) is 13.3. The Morgan fingerprint density at radius 1 is 1.29 bits per heavy atom. The highest BCUT2D eigenvalue weighted by Crippen LogP contribution is 2.36. The van der Waals surface area contributed by atoms with Crippen molar-refractivity contribution in [3.05, 3.63) is 17.7 Å². The summed E-state index contributed by atoms with van der Waals surface area (Å²) in [5, 5.41) is 5.71. The lowest BCUT2D eigenvalue weighted by molar-refractivity contribution is -0.126. The summed E-state index contributed by atoms with van der Waals surface area (Å²) in [6.45, 7) is 3.88. The van der Waals surface area contributed by atoms with Crippen LogP contribution in [0.15, 0.2) is 17.0 Å². The molecule has 2 N–H and O–H groups in total. The molecule has 2 aliphatic heterocycles. The van der Waals surface area contributed by atoms with Crippen LogP contribution in [0, 0.1) is 12.8 Å². The third kappa shape index (κ3) is 3.60. The second kappa shape index (κ2) is 7.04. The molecule has 4 rings (SSSR count). The number of sulfonamides is 1. The Balaban J connectivity index is 1.58. The average Bonchev–Trinajstić information content (AvgIpc) is 3.46. The van der Waals surface area contributed by atoms with E-state index in [4.69, 9.17) is 4.74 Å². The SMILES string of the molecule is Cc1cc2c(cc1S(=O)(=O)N1CCC[C@@H](C(=O)NC3CC3)C1)O[C@H](C)C(=O)N2. The summed E-state index contributed by atoms with van der Waals surface area (Å²) < 4.78 is 33.6. The lowest BCUT2D eigenvalue weighted by Gasteiger charge is -2.32. The van der Waals surface area contributed by atoms with E-state index in [1.165, 1.54) is 10.4 Å². The zero-order valence-electron chi connectivity index (χ0n) is 16.0. The Bertz CT molecular complexity index is 926. The first-order valence-corrected chi connectivity index (χ1v) is 11.1. The van der Waals surface area contributed by atoms with Gasteiger partial charge in [0.2, 0.25) is 15.9 Å². The number of carbonyl (C=O) groups is 2. The molecule has 0 unspecified atom stereocenters. The maximum Gasteiger partial charge on any atom is 0.265 e.